The quantitative estimate of drug-likeness (QED) is 0.603. The predicted octanol–water partition coefficient (Wildman–Crippen LogP) is 3.21. The Morgan fingerprint density at radius 1 is 0.960 bits per heavy atom. The van der Waals surface area contributed by atoms with Crippen LogP contribution in [0.3, 0.4) is 0 Å². The smallest absolute Gasteiger partial charge is 0.225 e. The minimum absolute atomic E-state index is 0.0103. The average Bonchev–Trinajstić information content (AvgIpc) is 2.66. The topological polar surface area (TPSA) is 83.0 Å². The van der Waals surface area contributed by atoms with Crippen molar-refractivity contribution < 1.29 is 5.11 Å². The monoisotopic (exact) mass is 355 g/mol. The average molecular weight is 356 g/mol. The summed E-state index contributed by atoms with van der Waals surface area (Å²) in [7, 11) is 0. The van der Waals surface area contributed by atoms with Gasteiger partial charge in [0.25, 0.3) is 0 Å². The van der Waals surface area contributed by atoms with Gasteiger partial charge < -0.3 is 15.7 Å². The Kier molecular flexibility index (Phi) is 5.77. The standard InChI is InChI=1S/C18H18ClN5O/c19-15-3-1-13(2-4-15)12-22-17-11-16(14-5-7-20-8-6-14)23-18(24-17)21-9-10-25/h1-8,11,25H,9-10,12H2,(H2,21,22,23,24). The van der Waals surface area contributed by atoms with Gasteiger partial charge in [-0.3, -0.25) is 4.98 Å². The molecule has 1 aromatic carbocycles. The van der Waals surface area contributed by atoms with E-state index < -0.39 is 0 Å². The molecule has 0 saturated carbocycles. The lowest BCUT2D eigenvalue weighted by molar-refractivity contribution is 0.311. The van der Waals surface area contributed by atoms with E-state index in [9.17, 15) is 0 Å². The van der Waals surface area contributed by atoms with Gasteiger partial charge in [0, 0.05) is 42.1 Å². The summed E-state index contributed by atoms with van der Waals surface area (Å²) >= 11 is 5.91. The Labute approximate surface area is 150 Å². The van der Waals surface area contributed by atoms with Crippen molar-refractivity contribution >= 4 is 23.4 Å². The molecule has 6 nitrogen and oxygen atoms in total. The van der Waals surface area contributed by atoms with Crippen molar-refractivity contribution in [3.63, 3.8) is 0 Å². The summed E-state index contributed by atoms with van der Waals surface area (Å²) in [6.45, 7) is 1.01. The van der Waals surface area contributed by atoms with Crippen LogP contribution < -0.4 is 10.6 Å². The number of halogens is 1. The molecule has 0 aliphatic heterocycles. The van der Waals surface area contributed by atoms with Crippen molar-refractivity contribution in [1.29, 1.82) is 0 Å². The zero-order valence-corrected chi connectivity index (χ0v) is 14.2. The third kappa shape index (κ3) is 4.89. The van der Waals surface area contributed by atoms with Crippen molar-refractivity contribution in [1.82, 2.24) is 15.0 Å². The molecule has 2 heterocycles. The number of pyridine rings is 1. The zero-order valence-electron chi connectivity index (χ0n) is 13.5. The molecule has 0 fully saturated rings. The van der Waals surface area contributed by atoms with Crippen LogP contribution in [0.5, 0.6) is 0 Å². The molecule has 0 radical (unpaired) electrons. The van der Waals surface area contributed by atoms with Crippen LogP contribution in [0, 0.1) is 0 Å². The maximum Gasteiger partial charge on any atom is 0.225 e. The van der Waals surface area contributed by atoms with Gasteiger partial charge in [0.05, 0.1) is 12.3 Å². The van der Waals surface area contributed by atoms with E-state index in [1.165, 1.54) is 0 Å². The molecule has 0 spiro atoms. The van der Waals surface area contributed by atoms with E-state index in [-0.39, 0.29) is 6.61 Å². The SMILES string of the molecule is OCCNc1nc(NCc2ccc(Cl)cc2)cc(-c2ccncc2)n1. The molecule has 0 aliphatic carbocycles. The number of aliphatic hydroxyl groups is 1. The molecule has 7 heteroatoms. The van der Waals surface area contributed by atoms with Crippen LogP contribution in [0.15, 0.2) is 54.9 Å². The second-order valence-electron chi connectivity index (χ2n) is 5.33. The number of anilines is 2. The summed E-state index contributed by atoms with van der Waals surface area (Å²) in [5, 5.41) is 16.0. The Hall–Kier alpha value is -2.70. The highest BCUT2D eigenvalue weighted by Crippen LogP contribution is 2.21. The van der Waals surface area contributed by atoms with Crippen LogP contribution in [0.1, 0.15) is 5.56 Å². The molecule has 0 amide bonds. The van der Waals surface area contributed by atoms with Crippen LogP contribution in [0.2, 0.25) is 5.02 Å². The van der Waals surface area contributed by atoms with E-state index >= 15 is 0 Å². The van der Waals surface area contributed by atoms with Gasteiger partial charge >= 0.3 is 0 Å². The van der Waals surface area contributed by atoms with Crippen LogP contribution in [-0.4, -0.2) is 33.2 Å². The summed E-state index contributed by atoms with van der Waals surface area (Å²) in [5.41, 5.74) is 2.81. The molecule has 3 N–H and O–H groups in total. The van der Waals surface area contributed by atoms with Gasteiger partial charge in [0.15, 0.2) is 0 Å². The highest BCUT2D eigenvalue weighted by molar-refractivity contribution is 6.30. The minimum atomic E-state index is 0.0103. The molecule has 3 rings (SSSR count). The first kappa shape index (κ1) is 17.1. The van der Waals surface area contributed by atoms with E-state index in [0.29, 0.717) is 29.9 Å². The Morgan fingerprint density at radius 3 is 2.44 bits per heavy atom. The van der Waals surface area contributed by atoms with Crippen molar-refractivity contribution in [3.8, 4) is 11.3 Å². The molecule has 0 bridgehead atoms. The summed E-state index contributed by atoms with van der Waals surface area (Å²) in [6, 6.07) is 13.3. The van der Waals surface area contributed by atoms with Crippen molar-refractivity contribution in [2.24, 2.45) is 0 Å². The van der Waals surface area contributed by atoms with Gasteiger partial charge in [-0.2, -0.15) is 4.98 Å². The largest absolute Gasteiger partial charge is 0.395 e. The van der Waals surface area contributed by atoms with Crippen molar-refractivity contribution in [3.05, 3.63) is 65.4 Å². The van der Waals surface area contributed by atoms with Gasteiger partial charge in [-0.25, -0.2) is 4.98 Å². The number of nitrogens with zero attached hydrogens (tertiary/aromatic N) is 3. The Morgan fingerprint density at radius 2 is 1.72 bits per heavy atom. The maximum atomic E-state index is 9.00. The summed E-state index contributed by atoms with van der Waals surface area (Å²) in [6.07, 6.45) is 3.44. The number of hydrogen-bond donors (Lipinski definition) is 3. The molecule has 0 unspecified atom stereocenters. The molecule has 2 aromatic heterocycles. The van der Waals surface area contributed by atoms with E-state index in [1.54, 1.807) is 12.4 Å². The number of benzene rings is 1. The van der Waals surface area contributed by atoms with Crippen molar-refractivity contribution in [2.75, 3.05) is 23.8 Å². The molecule has 25 heavy (non-hydrogen) atoms. The fraction of sp³-hybridized carbons (Fsp3) is 0.167. The number of aromatic nitrogens is 3. The van der Waals surface area contributed by atoms with E-state index in [1.807, 2.05) is 42.5 Å². The van der Waals surface area contributed by atoms with Gasteiger partial charge in [-0.1, -0.05) is 23.7 Å². The molecular formula is C18H18ClN5O. The van der Waals surface area contributed by atoms with E-state index in [4.69, 9.17) is 16.7 Å². The second-order valence-corrected chi connectivity index (χ2v) is 5.76. The van der Waals surface area contributed by atoms with Gasteiger partial charge in [0.2, 0.25) is 5.95 Å². The molecule has 0 saturated heterocycles. The van der Waals surface area contributed by atoms with Crippen LogP contribution in [-0.2, 0) is 6.54 Å². The Bertz CT molecular complexity index is 811. The van der Waals surface area contributed by atoms with Gasteiger partial charge in [0.1, 0.15) is 5.82 Å². The summed E-state index contributed by atoms with van der Waals surface area (Å²) in [5.74, 6) is 1.15. The summed E-state index contributed by atoms with van der Waals surface area (Å²) < 4.78 is 0. The first-order valence-electron chi connectivity index (χ1n) is 7.87. The first-order chi connectivity index (χ1) is 12.2. The lowest BCUT2D eigenvalue weighted by Crippen LogP contribution is -2.11. The fourth-order valence-corrected chi connectivity index (χ4v) is 2.38. The molecule has 0 atom stereocenters. The molecule has 0 aliphatic rings. The molecular weight excluding hydrogens is 338 g/mol. The minimum Gasteiger partial charge on any atom is -0.395 e. The van der Waals surface area contributed by atoms with E-state index in [0.717, 1.165) is 16.8 Å². The van der Waals surface area contributed by atoms with Crippen LogP contribution in [0.4, 0.5) is 11.8 Å². The fourth-order valence-electron chi connectivity index (χ4n) is 2.25. The van der Waals surface area contributed by atoms with Crippen molar-refractivity contribution in [2.45, 2.75) is 6.54 Å². The van der Waals surface area contributed by atoms with Crippen LogP contribution >= 0.6 is 11.6 Å². The number of hydrogen-bond acceptors (Lipinski definition) is 6. The number of aliphatic hydroxyl groups excluding tert-OH is 1. The first-order valence-corrected chi connectivity index (χ1v) is 8.25. The highest BCUT2D eigenvalue weighted by atomic mass is 35.5. The summed E-state index contributed by atoms with van der Waals surface area (Å²) in [4.78, 5) is 13.0. The van der Waals surface area contributed by atoms with E-state index in [2.05, 4.69) is 25.6 Å². The second kappa shape index (κ2) is 8.41. The predicted molar refractivity (Wildman–Crippen MR) is 99.6 cm³/mol. The lowest BCUT2D eigenvalue weighted by Gasteiger charge is -2.11. The maximum absolute atomic E-state index is 9.00. The third-order valence-electron chi connectivity index (χ3n) is 3.48. The van der Waals surface area contributed by atoms with Gasteiger partial charge in [-0.15, -0.1) is 0 Å². The van der Waals surface area contributed by atoms with Gasteiger partial charge in [-0.05, 0) is 29.8 Å². The zero-order chi connectivity index (χ0) is 17.5. The number of nitrogens with one attached hydrogen (secondary N) is 2. The van der Waals surface area contributed by atoms with Crippen LogP contribution in [0.25, 0.3) is 11.3 Å². The molecule has 128 valence electrons. The third-order valence-corrected chi connectivity index (χ3v) is 3.74. The highest BCUT2D eigenvalue weighted by Gasteiger charge is 2.07. The normalized spacial score (nSPS) is 10.5. The lowest BCUT2D eigenvalue weighted by atomic mass is 10.2. The molecule has 3 aromatic rings. The Balaban J connectivity index is 1.82. The number of rotatable bonds is 7.